The fourth-order valence-electron chi connectivity index (χ4n) is 17.4. The second kappa shape index (κ2) is 48.6. The maximum atomic E-state index is 13.0. The Labute approximate surface area is 766 Å². The van der Waals surface area contributed by atoms with Gasteiger partial charge < -0.3 is 303 Å². The maximum absolute atomic E-state index is 13.0. The predicted octanol–water partition coefficient (Wildman–Crippen LogP) is -27.0. The normalized spacial score (nSPS) is 52.8. The molecule has 12 fully saturated rings. The van der Waals surface area contributed by atoms with Gasteiger partial charge in [-0.15, -0.1) is 0 Å². The summed E-state index contributed by atoms with van der Waals surface area (Å²) in [6.45, 7) is -13.1. The first kappa shape index (κ1) is 112. The van der Waals surface area contributed by atoms with Crippen molar-refractivity contribution in [3.05, 3.63) is 0 Å². The third-order valence-corrected chi connectivity index (χ3v) is 25.5. The van der Waals surface area contributed by atoms with Gasteiger partial charge in [0.15, 0.2) is 75.5 Å². The van der Waals surface area contributed by atoms with E-state index in [0.717, 1.165) is 6.92 Å². The Kier molecular flexibility index (Phi) is 40.0. The first-order chi connectivity index (χ1) is 64.5. The lowest BCUT2D eigenvalue weighted by Gasteiger charge is -2.51. The Balaban J connectivity index is 0.908. The number of amides is 1. The second-order valence-corrected chi connectivity index (χ2v) is 34.5. The summed E-state index contributed by atoms with van der Waals surface area (Å²) < 4.78 is 135. The van der Waals surface area contributed by atoms with Crippen molar-refractivity contribution < 1.29 is 303 Å². The highest BCUT2D eigenvalue weighted by Crippen LogP contribution is 2.42. The van der Waals surface area contributed by atoms with Crippen LogP contribution in [0.3, 0.4) is 0 Å². The number of aliphatic hydroxyl groups excluding tert-OH is 37. The molecule has 0 saturated carbocycles. The molecule has 0 aromatic rings. The Morgan fingerprint density at radius 1 is 0.191 bits per heavy atom. The number of ether oxygens (including phenoxy) is 23. The highest BCUT2D eigenvalue weighted by molar-refractivity contribution is 5.73. The summed E-state index contributed by atoms with van der Waals surface area (Å²) in [6, 6.07) is -1.91. The van der Waals surface area contributed by atoms with Gasteiger partial charge in [-0.25, -0.2) is 0 Å². The van der Waals surface area contributed by atoms with E-state index in [1.54, 1.807) is 0 Å². The molecular weight excluding hydrogens is 1880 g/mol. The summed E-state index contributed by atoms with van der Waals surface area (Å²) in [5.74, 6) is -0.942. The lowest BCUT2D eigenvalue weighted by atomic mass is 9.94. The van der Waals surface area contributed by atoms with Gasteiger partial charge >= 0.3 is 0 Å². The monoisotopic (exact) mass is 2000 g/mol. The minimum Gasteiger partial charge on any atom is -0.394 e. The van der Waals surface area contributed by atoms with Crippen LogP contribution in [0.2, 0.25) is 0 Å². The molecule has 12 aliphatic rings. The summed E-state index contributed by atoms with van der Waals surface area (Å²) in [5, 5.41) is 415. The number of hydrogen-bond acceptors (Lipinski definition) is 61. The van der Waals surface area contributed by atoms with Crippen molar-refractivity contribution in [1.29, 1.82) is 0 Å². The third-order valence-electron chi connectivity index (χ3n) is 25.5. The van der Waals surface area contributed by atoms with Crippen LogP contribution >= 0.6 is 0 Å². The van der Waals surface area contributed by atoms with Crippen molar-refractivity contribution in [3.63, 3.8) is 0 Å². The fourth-order valence-corrected chi connectivity index (χ4v) is 17.4. The molecule has 0 aromatic heterocycles. The minimum atomic E-state index is -2.78. The summed E-state index contributed by atoms with van der Waals surface area (Å²) in [7, 11) is 0. The summed E-state index contributed by atoms with van der Waals surface area (Å²) in [5.41, 5.74) is 0. The molecule has 12 aliphatic heterocycles. The van der Waals surface area contributed by atoms with Gasteiger partial charge in [-0.05, 0) is 0 Å². The van der Waals surface area contributed by atoms with E-state index in [4.69, 9.17) is 109 Å². The summed E-state index contributed by atoms with van der Waals surface area (Å²) in [6.07, 6.45) is -133. The lowest BCUT2D eigenvalue weighted by molar-refractivity contribution is -0.413. The van der Waals surface area contributed by atoms with Crippen LogP contribution in [0.5, 0.6) is 0 Å². The van der Waals surface area contributed by atoms with Crippen LogP contribution in [0.15, 0.2) is 0 Å². The number of aliphatic hydroxyl groups is 37. The van der Waals surface area contributed by atoms with Crippen LogP contribution in [0.25, 0.3) is 0 Å². The van der Waals surface area contributed by atoms with Gasteiger partial charge in [-0.3, -0.25) is 4.79 Å². The van der Waals surface area contributed by atoms with Crippen molar-refractivity contribution in [1.82, 2.24) is 5.32 Å². The fraction of sp³-hybridized carbons (Fsp3) is 0.986. The molecule has 60 atom stereocenters. The van der Waals surface area contributed by atoms with Gasteiger partial charge in [-0.1, -0.05) is 0 Å². The van der Waals surface area contributed by atoms with E-state index in [2.05, 4.69) is 5.32 Å². The van der Waals surface area contributed by atoms with E-state index in [-0.39, 0.29) is 0 Å². The summed E-state index contributed by atoms with van der Waals surface area (Å²) >= 11 is 0. The topological polar surface area (TPSA) is 990 Å². The van der Waals surface area contributed by atoms with Crippen LogP contribution in [-0.4, -0.2) is 643 Å². The van der Waals surface area contributed by atoms with Crippen molar-refractivity contribution in [2.24, 2.45) is 0 Å². The van der Waals surface area contributed by atoms with Gasteiger partial charge in [0.1, 0.15) is 293 Å². The van der Waals surface area contributed by atoms with Crippen LogP contribution in [0.1, 0.15) is 6.92 Å². The van der Waals surface area contributed by atoms with E-state index in [1.165, 1.54) is 0 Å². The molecule has 1 amide bonds. The average molecular weight is 2000 g/mol. The molecule has 0 aromatic carbocycles. The molecule has 1 unspecified atom stereocenters. The molecular formula is C74H125NO61. The molecule has 0 bridgehead atoms. The van der Waals surface area contributed by atoms with Crippen LogP contribution in [-0.2, 0) is 114 Å². The zero-order chi connectivity index (χ0) is 99.7. The molecule has 0 aliphatic carbocycles. The van der Waals surface area contributed by atoms with Gasteiger partial charge in [0, 0.05) is 6.92 Å². The van der Waals surface area contributed by atoms with Crippen molar-refractivity contribution in [3.8, 4) is 0 Å². The number of carbonyl (C=O) groups excluding carboxylic acids is 1. The minimum absolute atomic E-state index is 0.920. The standard InChI is InChI=1S/C74H125NO61/c1-14(85)75-27-39(97)55(23(10-84)117-63(27)113)129-70-54(112)58(38(96)26(127-70)12-114-64-52(110)57(131-66-49(107)41(99)29(87)16(3-77)119-66)37(95)25(126-64)13-116-72-60(45(103)33(91)20(7-81)124-72)134-68-51(109)43(101)31(89)18(5-79)121-68)132-74-62(47(105)35(93)24(128-74)11-115-71-59(44(102)32(90)19(6-80)123-71)133-67-50(108)42(100)30(88)17(4-78)120-67)136-73-61(46(104)34(92)21(8-82)125-73)135-69-53(111)56(36(94)22(9-83)122-69)130-65-48(106)40(98)28(86)15(2-76)118-65/h15-74,76-84,86-113H,2-13H2,1H3,(H,75,85)/t15-,16-,17-,18-,19-,20-,21-,22-,23-,24-,25-,26-,27-,28-,29-,30-,31-,32-,33-,34-,35-,36-,37-,38-,39-,40+,41+,42+,43+,44+,45+,46+,47+,48+,49+,50+,51+,52+,53+,54+,55-,56+,57+,58+,59+,60+,61+,62+,63?,64+,65-,66-,67-,68-,69-,70+,71+,72+,73-,74-/m1/s1. The van der Waals surface area contributed by atoms with Crippen molar-refractivity contribution >= 4 is 5.91 Å². The number of rotatable bonds is 35. The highest BCUT2D eigenvalue weighted by Gasteiger charge is 2.63. The molecule has 12 heterocycles. The first-order valence-electron chi connectivity index (χ1n) is 43.2. The van der Waals surface area contributed by atoms with Crippen molar-refractivity contribution in [2.45, 2.75) is 375 Å². The Hall–Kier alpha value is -2.93. The Bertz CT molecular complexity index is 3590. The molecule has 0 spiro atoms. The smallest absolute Gasteiger partial charge is 0.217 e. The van der Waals surface area contributed by atoms with Gasteiger partial charge in [-0.2, -0.15) is 0 Å². The third kappa shape index (κ3) is 23.7. The predicted molar refractivity (Wildman–Crippen MR) is 407 cm³/mol. The van der Waals surface area contributed by atoms with Gasteiger partial charge in [0.25, 0.3) is 0 Å². The Morgan fingerprint density at radius 3 is 0.706 bits per heavy atom. The van der Waals surface area contributed by atoms with Crippen LogP contribution in [0.4, 0.5) is 0 Å². The van der Waals surface area contributed by atoms with E-state index in [9.17, 15) is 194 Å². The molecule has 792 valence electrons. The molecule has 38 N–H and O–H groups in total. The quantitative estimate of drug-likeness (QED) is 0.0280. The Morgan fingerprint density at radius 2 is 0.390 bits per heavy atom. The zero-order valence-corrected chi connectivity index (χ0v) is 71.5. The van der Waals surface area contributed by atoms with Gasteiger partial charge in [0.2, 0.25) is 5.91 Å². The van der Waals surface area contributed by atoms with E-state index >= 15 is 0 Å². The molecule has 0 radical (unpaired) electrons. The van der Waals surface area contributed by atoms with Crippen molar-refractivity contribution in [2.75, 3.05) is 79.3 Å². The maximum Gasteiger partial charge on any atom is 0.217 e. The SMILES string of the molecule is CC(=O)N[C@H]1C(O)O[C@H](CO)[C@@H](O[C@@H]2O[C@H](CO[C@H]3O[C@H](CO[C@H]4O[C@H](CO)[C@@H](O)[C@H](O)[C@@H]4O[C@H]4O[C@H](CO)[C@@H](O)[C@H](O)[C@@H]4O)[C@@H](O)[C@H](O[C@H]4O[C@H](CO)[C@@H](O)[C@H](O)[C@@H]4O)[C@@H]3O)[C@@H](O)[C@H](O[C@H]3O[C@H](CO[C@H]4O[C@H](CO)[C@@H](O)[C@H](O)[C@@H]4O[C@H]4O[C@H](CO)[C@@H](O)[C@H](O)[C@@H]4O)[C@@H](O)[C@H](O)[C@@H]3O[C@H]3O[C@H](CO)[C@@H](O)[C@H](O)[C@@H]3O[C@H]3O[C@H](CO)[C@@H](O)[C@H](O[C@H]4O[C@H](CO)[C@@H](O)[C@H](O)[C@@H]4O)[C@@H]3O)[C@@H]2O)[C@@H]1O. The average Bonchev–Trinajstić information content (AvgIpc) is 0.764. The van der Waals surface area contributed by atoms with Crippen LogP contribution < -0.4 is 5.32 Å². The molecule has 62 nitrogen and oxygen atoms in total. The lowest BCUT2D eigenvalue weighted by Crippen LogP contribution is -2.69. The van der Waals surface area contributed by atoms with E-state index in [0.29, 0.717) is 0 Å². The largest absolute Gasteiger partial charge is 0.394 e. The number of carbonyl (C=O) groups is 1. The molecule has 12 rings (SSSR count). The molecule has 12 saturated heterocycles. The first-order valence-corrected chi connectivity index (χ1v) is 43.2. The molecule has 136 heavy (non-hydrogen) atoms. The molecule has 62 heteroatoms. The number of hydrogen-bond donors (Lipinski definition) is 38. The van der Waals surface area contributed by atoms with Gasteiger partial charge in [0.05, 0.1) is 79.3 Å². The second-order valence-electron chi connectivity index (χ2n) is 34.5. The van der Waals surface area contributed by atoms with E-state index in [1.807, 2.05) is 0 Å². The summed E-state index contributed by atoms with van der Waals surface area (Å²) in [4.78, 5) is 12.6. The van der Waals surface area contributed by atoms with E-state index < -0.39 is 454 Å². The number of nitrogens with one attached hydrogen (secondary N) is 1. The zero-order valence-electron chi connectivity index (χ0n) is 71.5. The highest BCUT2D eigenvalue weighted by atomic mass is 16.8. The van der Waals surface area contributed by atoms with Crippen LogP contribution in [0, 0.1) is 0 Å².